The Kier molecular flexibility index (Phi) is 5.61. The van der Waals surface area contributed by atoms with Crippen molar-refractivity contribution in [3.05, 3.63) is 53.5 Å². The second-order valence-electron chi connectivity index (χ2n) is 6.59. The van der Waals surface area contributed by atoms with E-state index in [1.165, 1.54) is 6.26 Å². The summed E-state index contributed by atoms with van der Waals surface area (Å²) in [7, 11) is 0. The number of amides is 2. The SMILES string of the molecule is Cc1cccc(OCC(=O)N2CCC(NC(=O)c3ccco3)CC2)c1C. The minimum Gasteiger partial charge on any atom is -0.483 e. The monoisotopic (exact) mass is 356 g/mol. The molecule has 1 aromatic carbocycles. The molecule has 6 heteroatoms. The number of nitrogens with one attached hydrogen (secondary N) is 1. The Balaban J connectivity index is 1.45. The second-order valence-corrected chi connectivity index (χ2v) is 6.59. The van der Waals surface area contributed by atoms with E-state index in [9.17, 15) is 9.59 Å². The smallest absolute Gasteiger partial charge is 0.287 e. The summed E-state index contributed by atoms with van der Waals surface area (Å²) in [5, 5.41) is 2.95. The maximum atomic E-state index is 12.4. The van der Waals surface area contributed by atoms with Crippen LogP contribution in [0.4, 0.5) is 0 Å². The fourth-order valence-corrected chi connectivity index (χ4v) is 3.05. The zero-order chi connectivity index (χ0) is 18.5. The first kappa shape index (κ1) is 18.0. The average molecular weight is 356 g/mol. The number of rotatable bonds is 5. The minimum atomic E-state index is -0.210. The van der Waals surface area contributed by atoms with Crippen molar-refractivity contribution in [1.29, 1.82) is 0 Å². The van der Waals surface area contributed by atoms with Crippen LogP contribution in [0.1, 0.15) is 34.5 Å². The van der Waals surface area contributed by atoms with E-state index < -0.39 is 0 Å². The lowest BCUT2D eigenvalue weighted by molar-refractivity contribution is -0.134. The number of furan rings is 1. The van der Waals surface area contributed by atoms with Gasteiger partial charge < -0.3 is 19.4 Å². The van der Waals surface area contributed by atoms with Crippen molar-refractivity contribution in [2.24, 2.45) is 0 Å². The van der Waals surface area contributed by atoms with Crippen LogP contribution >= 0.6 is 0 Å². The second kappa shape index (κ2) is 8.08. The first-order valence-corrected chi connectivity index (χ1v) is 8.86. The van der Waals surface area contributed by atoms with Gasteiger partial charge in [-0.15, -0.1) is 0 Å². The van der Waals surface area contributed by atoms with Gasteiger partial charge in [0.25, 0.3) is 11.8 Å². The Morgan fingerprint density at radius 2 is 1.96 bits per heavy atom. The van der Waals surface area contributed by atoms with Crippen molar-refractivity contribution >= 4 is 11.8 Å². The van der Waals surface area contributed by atoms with Crippen molar-refractivity contribution in [3.8, 4) is 5.75 Å². The van der Waals surface area contributed by atoms with Gasteiger partial charge in [-0.05, 0) is 56.0 Å². The quantitative estimate of drug-likeness (QED) is 0.894. The van der Waals surface area contributed by atoms with Crippen molar-refractivity contribution < 1.29 is 18.7 Å². The number of benzene rings is 1. The van der Waals surface area contributed by atoms with Crippen LogP contribution in [0.25, 0.3) is 0 Å². The molecule has 0 saturated carbocycles. The predicted octanol–water partition coefficient (Wildman–Crippen LogP) is 2.70. The van der Waals surface area contributed by atoms with E-state index in [-0.39, 0.29) is 24.5 Å². The van der Waals surface area contributed by atoms with E-state index in [1.54, 1.807) is 17.0 Å². The summed E-state index contributed by atoms with van der Waals surface area (Å²) in [6, 6.07) is 9.20. The molecular formula is C20H24N2O4. The summed E-state index contributed by atoms with van der Waals surface area (Å²) in [4.78, 5) is 26.2. The summed E-state index contributed by atoms with van der Waals surface area (Å²) in [6.07, 6.45) is 2.93. The van der Waals surface area contributed by atoms with E-state index >= 15 is 0 Å². The number of piperidine rings is 1. The van der Waals surface area contributed by atoms with Crippen LogP contribution in [0, 0.1) is 13.8 Å². The van der Waals surface area contributed by atoms with Crippen molar-refractivity contribution in [1.82, 2.24) is 10.2 Å². The predicted molar refractivity (Wildman–Crippen MR) is 97.2 cm³/mol. The Morgan fingerprint density at radius 3 is 2.65 bits per heavy atom. The molecule has 3 rings (SSSR count). The molecule has 1 aliphatic heterocycles. The van der Waals surface area contributed by atoms with Gasteiger partial charge in [0.15, 0.2) is 12.4 Å². The molecule has 2 amide bonds. The number of carbonyl (C=O) groups is 2. The first-order valence-electron chi connectivity index (χ1n) is 8.86. The maximum Gasteiger partial charge on any atom is 0.287 e. The largest absolute Gasteiger partial charge is 0.483 e. The summed E-state index contributed by atoms with van der Waals surface area (Å²) in [5.74, 6) is 0.823. The number of hydrogen-bond acceptors (Lipinski definition) is 4. The molecular weight excluding hydrogens is 332 g/mol. The van der Waals surface area contributed by atoms with Crippen molar-refractivity contribution in [3.63, 3.8) is 0 Å². The Hall–Kier alpha value is -2.76. The van der Waals surface area contributed by atoms with Gasteiger partial charge in [0.1, 0.15) is 5.75 Å². The zero-order valence-corrected chi connectivity index (χ0v) is 15.2. The molecule has 0 spiro atoms. The van der Waals surface area contributed by atoms with E-state index in [0.29, 0.717) is 18.8 Å². The number of likely N-dealkylation sites (tertiary alicyclic amines) is 1. The highest BCUT2D eigenvalue weighted by Gasteiger charge is 2.25. The van der Waals surface area contributed by atoms with Crippen LogP contribution in [0.2, 0.25) is 0 Å². The molecule has 26 heavy (non-hydrogen) atoms. The summed E-state index contributed by atoms with van der Waals surface area (Å²) < 4.78 is 10.8. The molecule has 2 aromatic rings. The van der Waals surface area contributed by atoms with Gasteiger partial charge in [-0.3, -0.25) is 9.59 Å². The fourth-order valence-electron chi connectivity index (χ4n) is 3.05. The number of nitrogens with zero attached hydrogens (tertiary/aromatic N) is 1. The van der Waals surface area contributed by atoms with E-state index in [0.717, 1.165) is 29.7 Å². The summed E-state index contributed by atoms with van der Waals surface area (Å²) in [5.41, 5.74) is 2.20. The lowest BCUT2D eigenvalue weighted by Crippen LogP contribution is -2.47. The summed E-state index contributed by atoms with van der Waals surface area (Å²) in [6.45, 7) is 5.26. The highest BCUT2D eigenvalue weighted by Crippen LogP contribution is 2.21. The van der Waals surface area contributed by atoms with Crippen LogP contribution in [0.3, 0.4) is 0 Å². The van der Waals surface area contributed by atoms with Gasteiger partial charge >= 0.3 is 0 Å². The lowest BCUT2D eigenvalue weighted by atomic mass is 10.0. The van der Waals surface area contributed by atoms with E-state index in [2.05, 4.69) is 5.32 Å². The summed E-state index contributed by atoms with van der Waals surface area (Å²) >= 11 is 0. The van der Waals surface area contributed by atoms with Crippen LogP contribution in [0.5, 0.6) is 5.75 Å². The van der Waals surface area contributed by atoms with Gasteiger partial charge in [-0.1, -0.05) is 12.1 Å². The van der Waals surface area contributed by atoms with Crippen LogP contribution in [0.15, 0.2) is 41.0 Å². The standard InChI is InChI=1S/C20H24N2O4/c1-14-5-3-6-17(15(14)2)26-13-19(23)22-10-8-16(9-11-22)21-20(24)18-7-4-12-25-18/h3-7,12,16H,8-11,13H2,1-2H3,(H,21,24). The average Bonchev–Trinajstić information content (AvgIpc) is 3.18. The third-order valence-corrected chi connectivity index (χ3v) is 4.83. The lowest BCUT2D eigenvalue weighted by Gasteiger charge is -2.32. The molecule has 138 valence electrons. The molecule has 1 aromatic heterocycles. The third kappa shape index (κ3) is 4.25. The van der Waals surface area contributed by atoms with Gasteiger partial charge in [-0.25, -0.2) is 0 Å². The van der Waals surface area contributed by atoms with Crippen molar-refractivity contribution in [2.45, 2.75) is 32.7 Å². The van der Waals surface area contributed by atoms with Crippen LogP contribution in [-0.2, 0) is 4.79 Å². The van der Waals surface area contributed by atoms with E-state index in [1.807, 2.05) is 32.0 Å². The minimum absolute atomic E-state index is 0.0262. The molecule has 1 N–H and O–H groups in total. The Labute approximate surface area is 153 Å². The number of carbonyl (C=O) groups excluding carboxylic acids is 2. The van der Waals surface area contributed by atoms with Gasteiger partial charge in [0.2, 0.25) is 0 Å². The Bertz CT molecular complexity index is 762. The number of ether oxygens (including phenoxy) is 1. The van der Waals surface area contributed by atoms with E-state index in [4.69, 9.17) is 9.15 Å². The molecule has 0 radical (unpaired) electrons. The molecule has 2 heterocycles. The van der Waals surface area contributed by atoms with Crippen molar-refractivity contribution in [2.75, 3.05) is 19.7 Å². The zero-order valence-electron chi connectivity index (χ0n) is 15.2. The van der Waals surface area contributed by atoms with Crippen LogP contribution < -0.4 is 10.1 Å². The topological polar surface area (TPSA) is 71.8 Å². The van der Waals surface area contributed by atoms with Gasteiger partial charge in [0.05, 0.1) is 6.26 Å². The molecule has 0 unspecified atom stereocenters. The highest BCUT2D eigenvalue weighted by atomic mass is 16.5. The van der Waals surface area contributed by atoms with Gasteiger partial charge in [-0.2, -0.15) is 0 Å². The molecule has 0 aliphatic carbocycles. The molecule has 0 atom stereocenters. The first-order chi connectivity index (χ1) is 12.5. The van der Waals surface area contributed by atoms with Crippen LogP contribution in [-0.4, -0.2) is 42.5 Å². The highest BCUT2D eigenvalue weighted by molar-refractivity contribution is 5.91. The number of aryl methyl sites for hydroxylation is 1. The molecule has 1 fully saturated rings. The number of hydrogen-bond donors (Lipinski definition) is 1. The molecule has 1 saturated heterocycles. The molecule has 6 nitrogen and oxygen atoms in total. The molecule has 0 bridgehead atoms. The normalized spacial score (nSPS) is 14.9. The third-order valence-electron chi connectivity index (χ3n) is 4.83. The molecule has 1 aliphatic rings. The maximum absolute atomic E-state index is 12.4. The van der Waals surface area contributed by atoms with Gasteiger partial charge in [0, 0.05) is 19.1 Å². The Morgan fingerprint density at radius 1 is 1.19 bits per heavy atom. The fraction of sp³-hybridized carbons (Fsp3) is 0.400.